The van der Waals surface area contributed by atoms with Gasteiger partial charge in [0.05, 0.1) is 7.11 Å². The number of nitrogens with zero attached hydrogens (tertiary/aromatic N) is 1. The molecule has 0 aliphatic rings. The van der Waals surface area contributed by atoms with Gasteiger partial charge in [-0.25, -0.2) is 4.98 Å². The number of rotatable bonds is 1. The van der Waals surface area contributed by atoms with E-state index < -0.39 is 0 Å². The molecular weight excluding hydrogens is 196 g/mol. The van der Waals surface area contributed by atoms with Crippen molar-refractivity contribution in [3.05, 3.63) is 29.5 Å². The summed E-state index contributed by atoms with van der Waals surface area (Å²) < 4.78 is 5.10. The monoisotopic (exact) mass is 203 g/mol. The van der Waals surface area contributed by atoms with E-state index in [1.54, 1.807) is 13.3 Å². The van der Waals surface area contributed by atoms with Crippen LogP contribution in [0.3, 0.4) is 0 Å². The molecule has 4 heteroatoms. The molecule has 1 aromatic carbocycles. The van der Waals surface area contributed by atoms with E-state index in [4.69, 9.17) is 24.2 Å². The van der Waals surface area contributed by atoms with E-state index >= 15 is 0 Å². The van der Waals surface area contributed by atoms with Gasteiger partial charge in [0.2, 0.25) is 0 Å². The van der Waals surface area contributed by atoms with Crippen molar-refractivity contribution in [3.8, 4) is 5.75 Å². The van der Waals surface area contributed by atoms with Crippen molar-refractivity contribution in [3.63, 3.8) is 0 Å². The van der Waals surface area contributed by atoms with Crippen molar-refractivity contribution in [2.45, 2.75) is 0 Å². The third-order valence-electron chi connectivity index (χ3n) is 2.08. The zero-order chi connectivity index (χ0) is 10.1. The Kier molecular flexibility index (Phi) is 2.34. The van der Waals surface area contributed by atoms with Crippen LogP contribution in [0, 0.1) is 0 Å². The Morgan fingerprint density at radius 1 is 1.36 bits per heavy atom. The molecule has 1 heterocycles. The third-order valence-corrected chi connectivity index (χ3v) is 2.38. The summed E-state index contributed by atoms with van der Waals surface area (Å²) >= 11 is 5.92. The molecule has 0 unspecified atom stereocenters. The molecule has 2 nitrogen and oxygen atoms in total. The van der Waals surface area contributed by atoms with Crippen LogP contribution in [-0.4, -0.2) is 19.9 Å². The van der Waals surface area contributed by atoms with Gasteiger partial charge in [-0.3, -0.25) is 0 Å². The maximum Gasteiger partial charge on any atom is 0.136 e. The quantitative estimate of drug-likeness (QED) is 0.520. The zero-order valence-corrected chi connectivity index (χ0v) is 8.38. The van der Waals surface area contributed by atoms with Crippen LogP contribution in [0.15, 0.2) is 24.4 Å². The molecule has 2 radical (unpaired) electrons. The molecule has 0 atom stereocenters. The molecule has 1 aromatic heterocycles. The summed E-state index contributed by atoms with van der Waals surface area (Å²) in [5, 5.41) is 2.16. The lowest BCUT2D eigenvalue weighted by molar-refractivity contribution is 0.415. The normalized spacial score (nSPS) is 10.4. The van der Waals surface area contributed by atoms with E-state index in [1.807, 2.05) is 18.2 Å². The maximum absolute atomic E-state index is 5.92. The Bertz CT molecular complexity index is 487. The Morgan fingerprint density at radius 2 is 2.14 bits per heavy atom. The second-order valence-electron chi connectivity index (χ2n) is 2.92. The van der Waals surface area contributed by atoms with Gasteiger partial charge in [0.25, 0.3) is 0 Å². The highest BCUT2D eigenvalue weighted by atomic mass is 35.5. The zero-order valence-electron chi connectivity index (χ0n) is 7.62. The molecule has 0 saturated heterocycles. The second kappa shape index (κ2) is 3.50. The lowest BCUT2D eigenvalue weighted by Crippen LogP contribution is -2.05. The maximum atomic E-state index is 5.92. The Balaban J connectivity index is 2.80. The van der Waals surface area contributed by atoms with Gasteiger partial charge in [-0.15, -0.1) is 0 Å². The lowest BCUT2D eigenvalue weighted by Gasteiger charge is -2.06. The summed E-state index contributed by atoms with van der Waals surface area (Å²) in [5.74, 6) is 0.756. The average molecular weight is 203 g/mol. The number of pyridine rings is 1. The molecule has 2 aromatic rings. The fourth-order valence-corrected chi connectivity index (χ4v) is 1.55. The van der Waals surface area contributed by atoms with Crippen LogP contribution < -0.4 is 10.2 Å². The number of halogens is 1. The van der Waals surface area contributed by atoms with Crippen molar-refractivity contribution in [1.29, 1.82) is 0 Å². The summed E-state index contributed by atoms with van der Waals surface area (Å²) in [6.45, 7) is 0. The number of hydrogen-bond donors (Lipinski definition) is 0. The minimum absolute atomic E-state index is 0.455. The largest absolute Gasteiger partial charge is 0.497 e. The van der Waals surface area contributed by atoms with E-state index in [0.717, 1.165) is 16.5 Å². The first-order valence-corrected chi connectivity index (χ1v) is 4.48. The molecule has 0 aliphatic carbocycles. The van der Waals surface area contributed by atoms with Crippen molar-refractivity contribution in [2.24, 2.45) is 0 Å². The standard InChI is InChI=1S/C10H7BClNO/c1-14-6-2-3-7-8(4-6)9(11)5-13-10(7)12/h2-5H,1H3. The first kappa shape index (κ1) is 9.34. The second-order valence-corrected chi connectivity index (χ2v) is 3.27. The highest BCUT2D eigenvalue weighted by Gasteiger charge is 2.03. The van der Waals surface area contributed by atoms with Crippen LogP contribution >= 0.6 is 11.6 Å². The fourth-order valence-electron chi connectivity index (χ4n) is 1.33. The smallest absolute Gasteiger partial charge is 0.136 e. The molecule has 0 amide bonds. The molecule has 0 fully saturated rings. The Morgan fingerprint density at radius 3 is 2.86 bits per heavy atom. The van der Waals surface area contributed by atoms with Crippen LogP contribution in [0.2, 0.25) is 5.15 Å². The number of ether oxygens (including phenoxy) is 1. The number of aromatic nitrogens is 1. The highest BCUT2D eigenvalue weighted by Crippen LogP contribution is 2.23. The molecule has 0 N–H and O–H groups in total. The first-order valence-electron chi connectivity index (χ1n) is 4.10. The Labute approximate surface area is 88.3 Å². The van der Waals surface area contributed by atoms with Gasteiger partial charge in [0.15, 0.2) is 0 Å². The highest BCUT2D eigenvalue weighted by molar-refractivity contribution is 6.41. The van der Waals surface area contributed by atoms with Crippen LogP contribution in [0.5, 0.6) is 5.75 Å². The lowest BCUT2D eigenvalue weighted by atomic mass is 9.92. The third kappa shape index (κ3) is 1.44. The van der Waals surface area contributed by atoms with E-state index in [0.29, 0.717) is 10.6 Å². The molecule has 14 heavy (non-hydrogen) atoms. The van der Waals surface area contributed by atoms with E-state index in [-0.39, 0.29) is 0 Å². The summed E-state index contributed by atoms with van der Waals surface area (Å²) in [7, 11) is 7.38. The van der Waals surface area contributed by atoms with Gasteiger partial charge in [-0.05, 0) is 23.6 Å². The molecule has 0 saturated carbocycles. The van der Waals surface area contributed by atoms with Gasteiger partial charge in [0, 0.05) is 11.6 Å². The van der Waals surface area contributed by atoms with Crippen molar-refractivity contribution in [2.75, 3.05) is 7.11 Å². The molecule has 68 valence electrons. The van der Waals surface area contributed by atoms with Crippen LogP contribution in [0.4, 0.5) is 0 Å². The van der Waals surface area contributed by atoms with Crippen molar-refractivity contribution < 1.29 is 4.74 Å². The topological polar surface area (TPSA) is 22.1 Å². The number of methoxy groups -OCH3 is 1. The number of fused-ring (bicyclic) bond motifs is 1. The predicted octanol–water partition coefficient (Wildman–Crippen LogP) is 1.69. The molecule has 0 bridgehead atoms. The Hall–Kier alpha value is -1.22. The average Bonchev–Trinajstić information content (AvgIpc) is 2.23. The molecular formula is C10H7BClNO. The summed E-state index contributed by atoms with van der Waals surface area (Å²) in [5.41, 5.74) is 0.600. The molecule has 2 rings (SSSR count). The molecule has 0 spiro atoms. The number of hydrogen-bond acceptors (Lipinski definition) is 2. The fraction of sp³-hybridized carbons (Fsp3) is 0.100. The minimum Gasteiger partial charge on any atom is -0.497 e. The van der Waals surface area contributed by atoms with Gasteiger partial charge >= 0.3 is 0 Å². The van der Waals surface area contributed by atoms with Gasteiger partial charge in [-0.1, -0.05) is 17.1 Å². The van der Waals surface area contributed by atoms with E-state index in [1.165, 1.54) is 0 Å². The summed E-state index contributed by atoms with van der Waals surface area (Å²) in [6.07, 6.45) is 1.55. The van der Waals surface area contributed by atoms with Crippen molar-refractivity contribution in [1.82, 2.24) is 4.98 Å². The minimum atomic E-state index is 0.455. The van der Waals surface area contributed by atoms with Crippen LogP contribution in [0.1, 0.15) is 0 Å². The van der Waals surface area contributed by atoms with Crippen LogP contribution in [-0.2, 0) is 0 Å². The van der Waals surface area contributed by atoms with Gasteiger partial charge in [0.1, 0.15) is 18.7 Å². The van der Waals surface area contributed by atoms with Crippen LogP contribution in [0.25, 0.3) is 10.8 Å². The number of benzene rings is 1. The van der Waals surface area contributed by atoms with E-state index in [9.17, 15) is 0 Å². The van der Waals surface area contributed by atoms with Gasteiger partial charge < -0.3 is 4.74 Å². The summed E-state index contributed by atoms with van der Waals surface area (Å²) in [6, 6.07) is 5.52. The summed E-state index contributed by atoms with van der Waals surface area (Å²) in [4.78, 5) is 3.96. The van der Waals surface area contributed by atoms with Gasteiger partial charge in [-0.2, -0.15) is 0 Å². The first-order chi connectivity index (χ1) is 6.72. The predicted molar refractivity (Wildman–Crippen MR) is 58.7 cm³/mol. The van der Waals surface area contributed by atoms with E-state index in [2.05, 4.69) is 4.98 Å². The SMILES string of the molecule is [B]c1cnc(Cl)c2ccc(OC)cc12. The molecule has 0 aliphatic heterocycles. The van der Waals surface area contributed by atoms with Crippen molar-refractivity contribution >= 4 is 35.7 Å².